The molecule has 4 amide bonds. The van der Waals surface area contributed by atoms with Gasteiger partial charge in [-0.2, -0.15) is 13.2 Å². The Morgan fingerprint density at radius 3 is 1.90 bits per heavy atom. The number of thioether (sulfide) groups is 1. The minimum Gasteiger partial charge on any atom is -0.481 e. The van der Waals surface area contributed by atoms with Crippen molar-refractivity contribution in [3.63, 3.8) is 0 Å². The smallest absolute Gasteiger partial charge is 0.481 e. The van der Waals surface area contributed by atoms with Crippen molar-refractivity contribution in [1.82, 2.24) is 25.0 Å². The van der Waals surface area contributed by atoms with Gasteiger partial charge in [0.05, 0.1) is 6.42 Å². The number of aliphatic carboxylic acids is 3. The number of anilines is 1. The van der Waals surface area contributed by atoms with Gasteiger partial charge in [0.15, 0.2) is 10.8 Å². The molecule has 18 nitrogen and oxygen atoms in total. The average Bonchev–Trinajstić information content (AvgIpc) is 3.95. The molecule has 3 fully saturated rings. The summed E-state index contributed by atoms with van der Waals surface area (Å²) in [4.78, 5) is 102. The first-order valence-corrected chi connectivity index (χ1v) is 23.5. The maximum Gasteiger partial charge on any atom is 0.490 e. The molecule has 3 aromatic carbocycles. The first-order valence-electron chi connectivity index (χ1n) is 21.6. The van der Waals surface area contributed by atoms with Crippen molar-refractivity contribution in [2.75, 3.05) is 31.1 Å². The van der Waals surface area contributed by atoms with Crippen LogP contribution in [0.3, 0.4) is 0 Å². The number of piperidine rings is 1. The fraction of sp³-hybridized carbons (Fsp3) is 0.298. The number of nitrogens with zero attached hydrogens (tertiary/aromatic N) is 5. The van der Waals surface area contributed by atoms with Crippen LogP contribution in [-0.2, 0) is 44.0 Å². The zero-order chi connectivity index (χ0) is 50.3. The Balaban J connectivity index is 0.000000959. The topological polar surface area (TPSA) is 262 Å². The van der Waals surface area contributed by atoms with Crippen LogP contribution in [0.1, 0.15) is 54.5 Å². The molecule has 0 unspecified atom stereocenters. The number of hydrogen-bond donors (Lipinski definition) is 5. The van der Waals surface area contributed by atoms with E-state index in [0.717, 1.165) is 32.9 Å². The molecule has 1 aromatic heterocycles. The van der Waals surface area contributed by atoms with Crippen LogP contribution in [0.5, 0.6) is 0 Å². The van der Waals surface area contributed by atoms with Gasteiger partial charge >= 0.3 is 24.1 Å². The number of carboxylic acid groups (broad SMARTS) is 3. The van der Waals surface area contributed by atoms with Gasteiger partial charge in [-0.1, -0.05) is 96.2 Å². The minimum atomic E-state index is -5.08. The predicted molar refractivity (Wildman–Crippen MR) is 248 cm³/mol. The van der Waals surface area contributed by atoms with Crippen LogP contribution in [-0.4, -0.2) is 131 Å². The first kappa shape index (κ1) is 50.3. The summed E-state index contributed by atoms with van der Waals surface area (Å²) in [5.74, 6) is -6.89. The highest BCUT2D eigenvalue weighted by Gasteiger charge is 2.54. The Morgan fingerprint density at radius 1 is 0.857 bits per heavy atom. The fourth-order valence-electron chi connectivity index (χ4n) is 8.48. The molecule has 366 valence electrons. The lowest BCUT2D eigenvalue weighted by molar-refractivity contribution is -0.192. The highest BCUT2D eigenvalue weighted by atomic mass is 32.2. The van der Waals surface area contributed by atoms with Crippen molar-refractivity contribution in [1.29, 1.82) is 0 Å². The van der Waals surface area contributed by atoms with E-state index in [9.17, 15) is 47.0 Å². The molecule has 4 aromatic rings. The zero-order valence-electron chi connectivity index (χ0n) is 36.8. The van der Waals surface area contributed by atoms with Crippen LogP contribution in [0.15, 0.2) is 124 Å². The number of β-lactam (4-membered cyclic amide) rings is 1. The largest absolute Gasteiger partial charge is 0.490 e. The molecule has 0 aliphatic carbocycles. The van der Waals surface area contributed by atoms with E-state index < -0.39 is 52.9 Å². The second kappa shape index (κ2) is 21.4. The summed E-state index contributed by atoms with van der Waals surface area (Å²) in [6.45, 7) is 1.23. The number of oxime groups is 1. The van der Waals surface area contributed by atoms with Crippen molar-refractivity contribution in [2.45, 2.75) is 61.3 Å². The minimum absolute atomic E-state index is 0.0748. The van der Waals surface area contributed by atoms with E-state index in [4.69, 9.17) is 25.6 Å². The number of allylic oxidation sites excluding steroid dienone is 1. The molecule has 4 aliphatic rings. The number of amides is 4. The number of carbonyl (C=O) groups is 7. The Bertz CT molecular complexity index is 2650. The summed E-state index contributed by atoms with van der Waals surface area (Å²) in [5, 5.41) is 34.7. The molecule has 4 aliphatic heterocycles. The maximum absolute atomic E-state index is 14.3. The lowest BCUT2D eigenvalue weighted by Gasteiger charge is -2.49. The summed E-state index contributed by atoms with van der Waals surface area (Å²) < 4.78 is 31.7. The second-order valence-electron chi connectivity index (χ2n) is 16.1. The third kappa shape index (κ3) is 10.8. The van der Waals surface area contributed by atoms with Crippen molar-refractivity contribution in [3.05, 3.63) is 142 Å². The number of nitrogen functional groups attached to an aromatic ring is 1. The quantitative estimate of drug-likeness (QED) is 0.0373. The van der Waals surface area contributed by atoms with Crippen LogP contribution in [0.25, 0.3) is 0 Å². The predicted octanol–water partition coefficient (Wildman–Crippen LogP) is 4.82. The van der Waals surface area contributed by atoms with E-state index in [0.29, 0.717) is 50.0 Å². The van der Waals surface area contributed by atoms with Gasteiger partial charge in [-0.05, 0) is 30.9 Å². The third-order valence-corrected chi connectivity index (χ3v) is 13.8. The number of likely N-dealkylation sites (tertiary alicyclic amines) is 2. The lowest BCUT2D eigenvalue weighted by atomic mass is 9.80. The Hall–Kier alpha value is -7.53. The molecule has 6 N–H and O–H groups in total. The number of hydrogen-bond acceptors (Lipinski definition) is 13. The van der Waals surface area contributed by atoms with Gasteiger partial charge in [0.2, 0.25) is 17.4 Å². The third-order valence-electron chi connectivity index (χ3n) is 11.8. The highest BCUT2D eigenvalue weighted by Crippen LogP contribution is 2.43. The number of fused-ring (bicyclic) bond motifs is 1. The molecule has 5 heterocycles. The van der Waals surface area contributed by atoms with E-state index in [2.05, 4.69) is 15.5 Å². The van der Waals surface area contributed by atoms with Crippen molar-refractivity contribution >= 4 is 75.5 Å². The van der Waals surface area contributed by atoms with Gasteiger partial charge in [0, 0.05) is 65.5 Å². The van der Waals surface area contributed by atoms with Gasteiger partial charge < -0.3 is 41.0 Å². The maximum atomic E-state index is 14.3. The molecular weight excluding hydrogens is 960 g/mol. The number of alkyl halides is 3. The molecule has 8 rings (SSSR count). The lowest BCUT2D eigenvalue weighted by Crippen LogP contribution is -2.71. The van der Waals surface area contributed by atoms with Crippen LogP contribution >= 0.6 is 23.1 Å². The number of nitrogens with one attached hydrogen (secondary N) is 1. The number of thiazole rings is 1. The van der Waals surface area contributed by atoms with Gasteiger partial charge in [0.1, 0.15) is 22.8 Å². The number of nitrogens with two attached hydrogens (primary N) is 1. The van der Waals surface area contributed by atoms with E-state index >= 15 is 0 Å². The second-order valence-corrected chi connectivity index (χ2v) is 18.1. The average molecular weight is 1000 g/mol. The molecule has 0 radical (unpaired) electrons. The standard InChI is InChI=1S/C45H43N7O9S2.C2HF3O2/c46-44-47-33(26-63-44)36(49-61-45(29-10-4-1-5-11-29,30-12-6-2-7-13-30)31-14-8-3-9-15-31)39(56)48-37-41(58)52-38(43(59)60)28(25-62-42(37)52)24-27-18-23-51(40(27)57)32-19-21-50(22-20-32)34(53)16-17-35(54)55;3-2(4,5)1(6)7/h1-15,24,26,32,37,42H,16-23,25H2,(H2,46,47)(H,48,56)(H,54,55)(H,59,60);(H,6,7)/t37-,42-;/m1./s1. The molecule has 0 saturated carbocycles. The SMILES string of the molecule is Nc1nc(C(=NOC(c2ccccc2)(c2ccccc2)c2ccccc2)C(=O)N[C@@H]2C(=O)N3C(C(=O)O)=C(C=C4CCN(C5CCN(C(=O)CCC(=O)O)CC5)C4=O)CS[C@H]23)cs1.O=C(O)C(F)(F)F. The van der Waals surface area contributed by atoms with Crippen LogP contribution in [0, 0.1) is 0 Å². The Kier molecular flexibility index (Phi) is 15.4. The van der Waals surface area contributed by atoms with Crippen molar-refractivity contribution in [3.8, 4) is 0 Å². The van der Waals surface area contributed by atoms with Crippen molar-refractivity contribution < 1.29 is 66.9 Å². The van der Waals surface area contributed by atoms with E-state index in [1.807, 2.05) is 91.0 Å². The monoisotopic (exact) mass is 1000 g/mol. The number of carbonyl (C=O) groups excluding carboxylic acids is 4. The van der Waals surface area contributed by atoms with Gasteiger partial charge in [-0.25, -0.2) is 14.6 Å². The van der Waals surface area contributed by atoms with Crippen LogP contribution in [0.2, 0.25) is 0 Å². The zero-order valence-corrected chi connectivity index (χ0v) is 38.4. The number of halogens is 3. The molecule has 0 spiro atoms. The van der Waals surface area contributed by atoms with Gasteiger partial charge in [-0.3, -0.25) is 28.9 Å². The summed E-state index contributed by atoms with van der Waals surface area (Å²) in [7, 11) is 0. The highest BCUT2D eigenvalue weighted by molar-refractivity contribution is 8.00. The number of aromatic nitrogens is 1. The summed E-state index contributed by atoms with van der Waals surface area (Å²) in [6.07, 6.45) is -2.38. The number of rotatable bonds is 14. The molecule has 2 atom stereocenters. The normalized spacial score (nSPS) is 19.2. The number of benzene rings is 3. The Morgan fingerprint density at radius 2 is 1.41 bits per heavy atom. The van der Waals surface area contributed by atoms with E-state index in [1.165, 1.54) is 11.8 Å². The first-order chi connectivity index (χ1) is 33.4. The van der Waals surface area contributed by atoms with Gasteiger partial charge in [-0.15, -0.1) is 23.1 Å². The molecule has 23 heteroatoms. The molecular formula is C47H44F3N7O11S2. The van der Waals surface area contributed by atoms with Crippen molar-refractivity contribution in [2.24, 2.45) is 5.16 Å². The summed E-state index contributed by atoms with van der Waals surface area (Å²) in [6, 6.07) is 27.1. The van der Waals surface area contributed by atoms with E-state index in [-0.39, 0.29) is 58.7 Å². The van der Waals surface area contributed by atoms with Gasteiger partial charge in [0.25, 0.3) is 11.8 Å². The number of carboxylic acids is 3. The molecule has 3 saturated heterocycles. The van der Waals surface area contributed by atoms with E-state index in [1.54, 1.807) is 21.3 Å². The Labute approximate surface area is 405 Å². The summed E-state index contributed by atoms with van der Waals surface area (Å²) >= 11 is 2.35. The fourth-order valence-corrected chi connectivity index (χ4v) is 10.3. The molecule has 70 heavy (non-hydrogen) atoms. The van der Waals surface area contributed by atoms with Crippen LogP contribution in [0.4, 0.5) is 18.3 Å². The van der Waals surface area contributed by atoms with Crippen LogP contribution < -0.4 is 11.1 Å². The summed E-state index contributed by atoms with van der Waals surface area (Å²) in [5.41, 5.74) is 7.18. The molecule has 0 bridgehead atoms.